The van der Waals surface area contributed by atoms with Gasteiger partial charge >= 0.3 is 7.72 Å². The van der Waals surface area contributed by atoms with Crippen LogP contribution in [0.15, 0.2) is 97.1 Å². The summed E-state index contributed by atoms with van der Waals surface area (Å²) in [5.74, 6) is 2.69. The Kier molecular flexibility index (Phi) is 4.94. The SMILES string of the molecule is OC=P1(CC[P+]2(O)Oc3ccccc3-c3ccccc32)Oc2ccccc2-c2ccccc21. The van der Waals surface area contributed by atoms with E-state index in [-0.39, 0.29) is 0 Å². The van der Waals surface area contributed by atoms with E-state index in [4.69, 9.17) is 9.05 Å². The van der Waals surface area contributed by atoms with E-state index in [1.165, 1.54) is 5.98 Å². The molecule has 0 aromatic heterocycles. The van der Waals surface area contributed by atoms with Gasteiger partial charge in [0.2, 0.25) is 0 Å². The van der Waals surface area contributed by atoms with Gasteiger partial charge in [-0.05, 0) is 23.8 Å². The quantitative estimate of drug-likeness (QED) is 0.377. The van der Waals surface area contributed by atoms with Crippen molar-refractivity contribution in [3.05, 3.63) is 97.1 Å². The van der Waals surface area contributed by atoms with Gasteiger partial charge in [0.1, 0.15) is 19.0 Å². The van der Waals surface area contributed by atoms with Gasteiger partial charge in [0.15, 0.2) is 11.1 Å². The second kappa shape index (κ2) is 7.87. The molecule has 4 nitrogen and oxygen atoms in total. The highest BCUT2D eigenvalue weighted by Crippen LogP contribution is 2.64. The van der Waals surface area contributed by atoms with Crippen LogP contribution in [0.25, 0.3) is 22.3 Å². The monoisotopic (exact) mass is 473 g/mol. The number of fused-ring (bicyclic) bond motifs is 6. The minimum absolute atomic E-state index is 0.375. The zero-order valence-electron chi connectivity index (χ0n) is 17.8. The molecule has 2 aliphatic heterocycles. The van der Waals surface area contributed by atoms with Crippen LogP contribution in [-0.4, -0.2) is 28.3 Å². The number of aliphatic hydroxyl groups is 1. The van der Waals surface area contributed by atoms with Gasteiger partial charge in [-0.15, -0.1) is 0 Å². The van der Waals surface area contributed by atoms with Crippen molar-refractivity contribution in [1.29, 1.82) is 0 Å². The van der Waals surface area contributed by atoms with E-state index in [9.17, 15) is 10.00 Å². The van der Waals surface area contributed by atoms with Crippen molar-refractivity contribution in [2.75, 3.05) is 12.3 Å². The molecule has 0 fully saturated rings. The van der Waals surface area contributed by atoms with Gasteiger partial charge in [0, 0.05) is 28.2 Å². The third kappa shape index (κ3) is 3.26. The maximum atomic E-state index is 11.9. The molecular formula is C27H23O4P2+. The van der Waals surface area contributed by atoms with Gasteiger partial charge in [0.05, 0.1) is 5.98 Å². The maximum Gasteiger partial charge on any atom is 0.350 e. The van der Waals surface area contributed by atoms with E-state index < -0.39 is 14.8 Å². The standard InChI is InChI=1S/C27H22O4P2/c28-19-32(26-15-7-3-11-22(26)20-9-1-5-13-24(20)30-32)17-18-33(29)27-16-8-4-12-23(27)21-10-2-6-14-25(21)31-33/h1-16,19,29H,17-18H2/p+1. The van der Waals surface area contributed by atoms with Crippen molar-refractivity contribution >= 4 is 31.4 Å². The van der Waals surface area contributed by atoms with Crippen molar-refractivity contribution in [3.8, 4) is 33.8 Å². The van der Waals surface area contributed by atoms with Crippen molar-refractivity contribution in [2.24, 2.45) is 0 Å². The first-order valence-corrected chi connectivity index (χ1v) is 14.7. The van der Waals surface area contributed by atoms with E-state index in [1.807, 2.05) is 91.0 Å². The third-order valence-corrected chi connectivity index (χ3v) is 12.2. The smallest absolute Gasteiger partial charge is 0.350 e. The molecule has 0 amide bonds. The maximum absolute atomic E-state index is 11.9. The lowest BCUT2D eigenvalue weighted by atomic mass is 10.0. The number of benzene rings is 4. The van der Waals surface area contributed by atoms with Gasteiger partial charge in [-0.25, -0.2) is 4.89 Å². The van der Waals surface area contributed by atoms with Crippen LogP contribution in [0, 0.1) is 0 Å². The largest absolute Gasteiger partial charge is 0.470 e. The van der Waals surface area contributed by atoms with Crippen LogP contribution < -0.4 is 19.7 Å². The van der Waals surface area contributed by atoms with Gasteiger partial charge in [0.25, 0.3) is 0 Å². The van der Waals surface area contributed by atoms with E-state index in [0.29, 0.717) is 18.1 Å². The van der Waals surface area contributed by atoms with Crippen LogP contribution in [0.2, 0.25) is 0 Å². The summed E-state index contributed by atoms with van der Waals surface area (Å²) in [5, 5.41) is 12.4. The summed E-state index contributed by atoms with van der Waals surface area (Å²) >= 11 is 0. The van der Waals surface area contributed by atoms with Crippen LogP contribution in [0.5, 0.6) is 11.5 Å². The van der Waals surface area contributed by atoms with E-state index >= 15 is 0 Å². The number of rotatable bonds is 3. The molecular weight excluding hydrogens is 450 g/mol. The van der Waals surface area contributed by atoms with E-state index in [1.54, 1.807) is 0 Å². The average molecular weight is 473 g/mol. The Morgan fingerprint density at radius 3 is 2.03 bits per heavy atom. The molecule has 0 saturated carbocycles. The van der Waals surface area contributed by atoms with E-state index in [0.717, 1.165) is 38.6 Å². The number of aliphatic hydroxyl groups excluding tert-OH is 1. The Morgan fingerprint density at radius 1 is 0.697 bits per heavy atom. The molecule has 164 valence electrons. The van der Waals surface area contributed by atoms with Gasteiger partial charge in [-0.1, -0.05) is 78.9 Å². The van der Waals surface area contributed by atoms with Crippen molar-refractivity contribution in [1.82, 2.24) is 0 Å². The summed E-state index contributed by atoms with van der Waals surface area (Å²) in [5.41, 5.74) is 4.08. The highest BCUT2D eigenvalue weighted by atomic mass is 31.2. The molecule has 0 aliphatic carbocycles. The fourth-order valence-electron chi connectivity index (χ4n) is 4.77. The highest BCUT2D eigenvalue weighted by molar-refractivity contribution is 7.80. The fourth-order valence-corrected chi connectivity index (χ4v) is 11.0. The molecule has 4 aromatic rings. The van der Waals surface area contributed by atoms with Crippen LogP contribution in [0.1, 0.15) is 0 Å². The first-order chi connectivity index (χ1) is 16.1. The molecule has 0 bridgehead atoms. The second-order valence-electron chi connectivity index (χ2n) is 8.27. The molecule has 0 radical (unpaired) electrons. The fraction of sp³-hybridized carbons (Fsp3) is 0.0741. The van der Waals surface area contributed by atoms with Crippen LogP contribution in [0.4, 0.5) is 0 Å². The summed E-state index contributed by atoms with van der Waals surface area (Å²) in [4.78, 5) is 11.9. The average Bonchev–Trinajstić information content (AvgIpc) is 2.88. The Hall–Kier alpha value is -2.87. The topological polar surface area (TPSA) is 58.9 Å². The molecule has 4 aromatic carbocycles. The molecule has 2 heterocycles. The summed E-state index contributed by atoms with van der Waals surface area (Å²) in [6, 6.07) is 31.7. The Labute approximate surface area is 193 Å². The first-order valence-electron chi connectivity index (χ1n) is 10.9. The zero-order chi connectivity index (χ0) is 22.5. The second-order valence-corrected chi connectivity index (χ2v) is 13.7. The van der Waals surface area contributed by atoms with Crippen molar-refractivity contribution in [3.63, 3.8) is 0 Å². The Balaban J connectivity index is 1.42. The number of hydrogen-bond donors (Lipinski definition) is 2. The Morgan fingerprint density at radius 2 is 1.27 bits per heavy atom. The van der Waals surface area contributed by atoms with Gasteiger partial charge in [-0.3, -0.25) is 0 Å². The third-order valence-electron chi connectivity index (χ3n) is 6.38. The van der Waals surface area contributed by atoms with Crippen LogP contribution in [0.3, 0.4) is 0 Å². The van der Waals surface area contributed by atoms with Gasteiger partial charge < -0.3 is 14.2 Å². The molecule has 33 heavy (non-hydrogen) atoms. The molecule has 0 spiro atoms. The Bertz CT molecular complexity index is 1430. The summed E-state index contributed by atoms with van der Waals surface area (Å²) in [6.07, 6.45) is 0.843. The summed E-state index contributed by atoms with van der Waals surface area (Å²) < 4.78 is 12.9. The normalized spacial score (nSPS) is 22.0. The molecule has 2 atom stereocenters. The number of para-hydroxylation sites is 2. The summed E-state index contributed by atoms with van der Waals surface area (Å²) in [7, 11) is -5.57. The number of hydrogen-bond acceptors (Lipinski definition) is 3. The van der Waals surface area contributed by atoms with E-state index in [2.05, 4.69) is 6.07 Å². The minimum Gasteiger partial charge on any atom is -0.470 e. The van der Waals surface area contributed by atoms with Gasteiger partial charge in [-0.2, -0.15) is 0 Å². The molecule has 6 heteroatoms. The van der Waals surface area contributed by atoms with Crippen molar-refractivity contribution in [2.45, 2.75) is 0 Å². The van der Waals surface area contributed by atoms with Crippen molar-refractivity contribution < 1.29 is 19.0 Å². The molecule has 2 N–H and O–H groups in total. The minimum atomic E-state index is -2.99. The highest BCUT2D eigenvalue weighted by Gasteiger charge is 2.50. The predicted octanol–water partition coefficient (Wildman–Crippen LogP) is 5.66. The molecule has 0 saturated heterocycles. The van der Waals surface area contributed by atoms with Crippen LogP contribution >= 0.6 is 14.8 Å². The first kappa shape index (κ1) is 20.7. The van der Waals surface area contributed by atoms with Crippen LogP contribution in [-0.2, 0) is 0 Å². The lowest BCUT2D eigenvalue weighted by Crippen LogP contribution is -2.29. The lowest BCUT2D eigenvalue weighted by molar-refractivity contribution is 0.469. The molecule has 2 aliphatic rings. The predicted molar refractivity (Wildman–Crippen MR) is 138 cm³/mol. The molecule has 6 rings (SSSR count). The summed E-state index contributed by atoms with van der Waals surface area (Å²) in [6.45, 7) is 0. The zero-order valence-corrected chi connectivity index (χ0v) is 19.6. The molecule has 2 unspecified atom stereocenters. The lowest BCUT2D eigenvalue weighted by Gasteiger charge is -2.35.